The largest absolute Gasteiger partial charge is 0.461 e. The van der Waals surface area contributed by atoms with E-state index in [1.54, 1.807) is 49.3 Å². The van der Waals surface area contributed by atoms with Crippen LogP contribution in [0.25, 0.3) is 10.9 Å². The summed E-state index contributed by atoms with van der Waals surface area (Å²) >= 11 is 0. The van der Waals surface area contributed by atoms with Gasteiger partial charge in [-0.05, 0) is 104 Å². The summed E-state index contributed by atoms with van der Waals surface area (Å²) in [5, 5.41) is 12.9. The Morgan fingerprint density at radius 1 is 0.955 bits per heavy atom. The number of rotatable bonds is 14. The Bertz CT molecular complexity index is 2160. The molecule has 3 aliphatic rings. The summed E-state index contributed by atoms with van der Waals surface area (Å²) in [4.78, 5) is 70.5. The molecule has 0 unspecified atom stereocenters. The van der Waals surface area contributed by atoms with Gasteiger partial charge in [-0.2, -0.15) is 0 Å². The summed E-state index contributed by atoms with van der Waals surface area (Å²) in [6, 6.07) is 14.2. The van der Waals surface area contributed by atoms with Gasteiger partial charge in [-0.3, -0.25) is 24.4 Å². The fraction of sp³-hybridized carbons (Fsp3) is 0.654. The van der Waals surface area contributed by atoms with Gasteiger partial charge < -0.3 is 43.3 Å². The second-order valence-electron chi connectivity index (χ2n) is 19.6. The van der Waals surface area contributed by atoms with E-state index in [0.717, 1.165) is 29.3 Å². The molecule has 0 aliphatic carbocycles. The number of hydrogen-bond acceptors (Lipinski definition) is 14. The van der Waals surface area contributed by atoms with Crippen LogP contribution >= 0.6 is 0 Å². The van der Waals surface area contributed by atoms with Crippen molar-refractivity contribution in [2.45, 2.75) is 167 Å². The lowest BCUT2D eigenvalue weighted by Gasteiger charge is -2.48. The lowest BCUT2D eigenvalue weighted by atomic mass is 9.73. The molecule has 368 valence electrons. The number of carbonyl (C=O) groups excluding carboxylic acids is 4. The molecular formula is C52H74N4O11. The van der Waals surface area contributed by atoms with Gasteiger partial charge in [-0.15, -0.1) is 0 Å². The minimum absolute atomic E-state index is 0.125. The highest BCUT2D eigenvalue weighted by atomic mass is 16.7. The molecule has 14 atom stereocenters. The number of cyclic esters (lactones) is 1. The van der Waals surface area contributed by atoms with Crippen LogP contribution < -0.4 is 0 Å². The van der Waals surface area contributed by atoms with Crippen molar-refractivity contribution in [2.75, 3.05) is 27.2 Å². The molecule has 3 saturated heterocycles. The topological polar surface area (TPSA) is 176 Å². The first-order valence-electron chi connectivity index (χ1n) is 24.3. The van der Waals surface area contributed by atoms with Crippen LogP contribution in [0.2, 0.25) is 0 Å². The number of fused-ring (bicyclic) bond motifs is 2. The maximum Gasteiger partial charge on any atom is 0.410 e. The van der Waals surface area contributed by atoms with Gasteiger partial charge in [0.25, 0.3) is 0 Å². The standard InChI is InChI=1S/C52H74N4O11/c1-12-40-52(9)46(56(50(61)67-52)27-17-15-20-36-21-18-22-37-23-19-26-54-42(36)37)33(5)43(58)31(3)30-51(8,62-11)47(66-49-44(59)39(55(10)13-2)28-32(4)63-49)34(6)45(35(7)48(60)64-40)65-41(57)29-38-24-14-16-25-53-38/h14,16,18-19,21-26,31-35,39-40,44-47,49,59H,12-13,15,17,20,27-30H2,1-11H3/t31-,32+,33+,34+,35-,39-,40-,44+,45+,46-,47-,49-,51-,52-/m1/s1. The van der Waals surface area contributed by atoms with Crippen molar-refractivity contribution in [3.05, 3.63) is 72.2 Å². The number of Topliss-reactive ketones (excluding diaryl/α,β-unsaturated/α-hetero) is 1. The SMILES string of the molecule is CC[C@H]1OC(=O)[C@H](C)[C@@H](OC(=O)Cc2ccccn2)[C@H](C)[C@@H](O[C@H]2O[C@@H](C)C[C@@H](N(C)CC)[C@@H]2O)[C@](C)(OC)C[C@@H](C)C(=O)[C@H](C)[C@H]2N(CCCCc3cccc4cccnc34)C(=O)O[C@]12C. The molecule has 5 heterocycles. The highest BCUT2D eigenvalue weighted by Gasteiger charge is 2.60. The van der Waals surface area contributed by atoms with E-state index in [2.05, 4.69) is 20.9 Å². The molecule has 0 radical (unpaired) electrons. The van der Waals surface area contributed by atoms with Crippen LogP contribution in [0, 0.1) is 23.7 Å². The number of esters is 2. The van der Waals surface area contributed by atoms with Gasteiger partial charge in [-0.1, -0.05) is 65.0 Å². The number of carbonyl (C=O) groups is 4. The Morgan fingerprint density at radius 2 is 1.69 bits per heavy atom. The van der Waals surface area contributed by atoms with Crippen molar-refractivity contribution in [3.8, 4) is 0 Å². The number of ketones is 1. The third-order valence-electron chi connectivity index (χ3n) is 14.9. The second kappa shape index (κ2) is 22.3. The fourth-order valence-corrected chi connectivity index (χ4v) is 11.0. The Kier molecular flexibility index (Phi) is 17.2. The molecule has 0 spiro atoms. The Hall–Kier alpha value is -4.54. The summed E-state index contributed by atoms with van der Waals surface area (Å²) in [5.74, 6) is -4.80. The van der Waals surface area contributed by atoms with E-state index in [9.17, 15) is 19.5 Å². The minimum Gasteiger partial charge on any atom is -0.461 e. The van der Waals surface area contributed by atoms with Gasteiger partial charge in [0.1, 0.15) is 24.1 Å². The first kappa shape index (κ1) is 51.8. The summed E-state index contributed by atoms with van der Waals surface area (Å²) in [7, 11) is 3.47. The number of unbranched alkanes of at least 4 members (excludes halogenated alkanes) is 1. The number of ether oxygens (including phenoxy) is 6. The predicted octanol–water partition coefficient (Wildman–Crippen LogP) is 7.13. The smallest absolute Gasteiger partial charge is 0.410 e. The van der Waals surface area contributed by atoms with Crippen LogP contribution in [0.5, 0.6) is 0 Å². The molecule has 3 fully saturated rings. The number of pyridine rings is 2. The zero-order chi connectivity index (χ0) is 48.8. The highest BCUT2D eigenvalue weighted by molar-refractivity contribution is 5.85. The summed E-state index contributed by atoms with van der Waals surface area (Å²) in [5.41, 5.74) is -0.189. The minimum atomic E-state index is -1.43. The van der Waals surface area contributed by atoms with Crippen LogP contribution in [-0.2, 0) is 55.6 Å². The van der Waals surface area contributed by atoms with Crippen LogP contribution in [0.15, 0.2) is 60.9 Å². The molecule has 3 aliphatic heterocycles. The second-order valence-corrected chi connectivity index (χ2v) is 19.6. The quantitative estimate of drug-likeness (QED) is 0.0982. The molecule has 6 rings (SSSR count). The number of aromatic nitrogens is 2. The molecule has 15 heteroatoms. The van der Waals surface area contributed by atoms with Crippen LogP contribution in [0.1, 0.15) is 106 Å². The first-order chi connectivity index (χ1) is 31.9. The molecule has 0 saturated carbocycles. The van der Waals surface area contributed by atoms with Crippen LogP contribution in [0.3, 0.4) is 0 Å². The van der Waals surface area contributed by atoms with E-state index in [1.165, 1.54) is 7.11 Å². The molecule has 2 aromatic heterocycles. The molecule has 15 nitrogen and oxygen atoms in total. The van der Waals surface area contributed by atoms with Crippen LogP contribution in [0.4, 0.5) is 4.79 Å². The Morgan fingerprint density at radius 3 is 2.37 bits per heavy atom. The average Bonchev–Trinajstić information content (AvgIpc) is 3.58. The van der Waals surface area contributed by atoms with Gasteiger partial charge in [-0.25, -0.2) is 4.79 Å². The van der Waals surface area contributed by atoms with Crippen molar-refractivity contribution >= 4 is 34.7 Å². The van der Waals surface area contributed by atoms with Gasteiger partial charge in [0, 0.05) is 55.2 Å². The summed E-state index contributed by atoms with van der Waals surface area (Å²) in [6.07, 6.45) is -0.0281. The number of para-hydroxylation sites is 1. The van der Waals surface area contributed by atoms with Gasteiger partial charge in [0.05, 0.1) is 47.4 Å². The number of amides is 1. The summed E-state index contributed by atoms with van der Waals surface area (Å²) < 4.78 is 38.8. The Balaban J connectivity index is 1.37. The van der Waals surface area contributed by atoms with Crippen molar-refractivity contribution in [2.24, 2.45) is 23.7 Å². The number of aliphatic hydroxyl groups excluding tert-OH is 1. The number of benzene rings is 1. The third kappa shape index (κ3) is 11.3. The number of methoxy groups -OCH3 is 1. The number of nitrogens with zero attached hydrogens (tertiary/aromatic N) is 4. The van der Waals surface area contributed by atoms with Crippen molar-refractivity contribution in [3.63, 3.8) is 0 Å². The van der Waals surface area contributed by atoms with E-state index in [-0.39, 0.29) is 37.2 Å². The van der Waals surface area contributed by atoms with E-state index in [1.807, 2.05) is 79.8 Å². The van der Waals surface area contributed by atoms with Gasteiger partial charge in [0.2, 0.25) is 0 Å². The average molecular weight is 931 g/mol. The summed E-state index contributed by atoms with van der Waals surface area (Å²) in [6.45, 7) is 17.5. The lowest BCUT2D eigenvalue weighted by molar-refractivity contribution is -0.302. The van der Waals surface area contributed by atoms with Gasteiger partial charge >= 0.3 is 18.0 Å². The highest BCUT2D eigenvalue weighted by Crippen LogP contribution is 2.44. The maximum absolute atomic E-state index is 15.1. The fourth-order valence-electron chi connectivity index (χ4n) is 11.0. The first-order valence-corrected chi connectivity index (χ1v) is 24.3. The van der Waals surface area contributed by atoms with Crippen LogP contribution in [-0.4, -0.2) is 136 Å². The molecular weight excluding hydrogens is 857 g/mol. The van der Waals surface area contributed by atoms with Gasteiger partial charge in [0.15, 0.2) is 11.9 Å². The molecule has 67 heavy (non-hydrogen) atoms. The predicted molar refractivity (Wildman–Crippen MR) is 252 cm³/mol. The zero-order valence-corrected chi connectivity index (χ0v) is 41.4. The van der Waals surface area contributed by atoms with Crippen molar-refractivity contribution in [1.82, 2.24) is 19.8 Å². The molecule has 1 aromatic carbocycles. The maximum atomic E-state index is 15.1. The zero-order valence-electron chi connectivity index (χ0n) is 41.4. The number of hydrogen-bond donors (Lipinski definition) is 1. The normalized spacial score (nSPS) is 34.3. The van der Waals surface area contributed by atoms with E-state index in [0.29, 0.717) is 31.6 Å². The molecule has 3 aromatic rings. The van der Waals surface area contributed by atoms with E-state index in [4.69, 9.17) is 28.4 Å². The lowest BCUT2D eigenvalue weighted by Crippen LogP contribution is -2.61. The molecule has 0 bridgehead atoms. The third-order valence-corrected chi connectivity index (χ3v) is 14.9. The molecule has 1 amide bonds. The van der Waals surface area contributed by atoms with E-state index < -0.39 is 89.7 Å². The number of likely N-dealkylation sites (N-methyl/N-ethyl adjacent to an activating group) is 1. The van der Waals surface area contributed by atoms with E-state index >= 15 is 4.79 Å². The van der Waals surface area contributed by atoms with Crippen molar-refractivity contribution < 1.29 is 52.7 Å². The molecule has 1 N–H and O–H groups in total. The van der Waals surface area contributed by atoms with Crippen molar-refractivity contribution in [1.29, 1.82) is 0 Å². The monoisotopic (exact) mass is 931 g/mol. The number of aryl methyl sites for hydroxylation is 1. The number of aliphatic hydroxyl groups is 1. The Labute approximate surface area is 396 Å².